The molecule has 0 fully saturated rings. The van der Waals surface area contributed by atoms with Crippen LogP contribution in [0.4, 0.5) is 0 Å². The lowest BCUT2D eigenvalue weighted by atomic mass is 9.95. The molecule has 6 nitrogen and oxygen atoms in total. The van der Waals surface area contributed by atoms with Crippen molar-refractivity contribution in [2.24, 2.45) is 5.16 Å². The Morgan fingerprint density at radius 1 is 1.33 bits per heavy atom. The van der Waals surface area contributed by atoms with Crippen LogP contribution in [0.2, 0.25) is 0 Å². The Kier molecular flexibility index (Phi) is 1.67. The van der Waals surface area contributed by atoms with Gasteiger partial charge in [-0.1, -0.05) is 5.16 Å². The molecule has 0 atom stereocenters. The summed E-state index contributed by atoms with van der Waals surface area (Å²) < 4.78 is 1.71. The smallest absolute Gasteiger partial charge is 0.252 e. The number of aromatic nitrogens is 4. The van der Waals surface area contributed by atoms with Crippen LogP contribution in [-0.4, -0.2) is 30.5 Å². The van der Waals surface area contributed by atoms with Gasteiger partial charge in [0.1, 0.15) is 6.33 Å². The SMILES string of the molecule is O/N=C1/CCCc2c1cnc1ncnn21. The number of rotatable bonds is 0. The van der Waals surface area contributed by atoms with E-state index in [1.165, 1.54) is 6.33 Å². The molecule has 0 aliphatic heterocycles. The average molecular weight is 203 g/mol. The van der Waals surface area contributed by atoms with Gasteiger partial charge >= 0.3 is 0 Å². The van der Waals surface area contributed by atoms with Crippen LogP contribution in [0.5, 0.6) is 0 Å². The maximum Gasteiger partial charge on any atom is 0.252 e. The van der Waals surface area contributed by atoms with Gasteiger partial charge in [0.05, 0.1) is 11.4 Å². The molecule has 3 rings (SSSR count). The summed E-state index contributed by atoms with van der Waals surface area (Å²) in [7, 11) is 0. The van der Waals surface area contributed by atoms with Crippen molar-refractivity contribution in [1.82, 2.24) is 19.6 Å². The van der Waals surface area contributed by atoms with Crippen molar-refractivity contribution in [2.75, 3.05) is 0 Å². The Hall–Kier alpha value is -1.98. The van der Waals surface area contributed by atoms with E-state index in [2.05, 4.69) is 20.2 Å². The average Bonchev–Trinajstić information content (AvgIpc) is 2.76. The third kappa shape index (κ3) is 1.11. The fraction of sp³-hybridized carbons (Fsp3) is 0.333. The molecular formula is C9H9N5O. The van der Waals surface area contributed by atoms with Crippen LogP contribution in [0.1, 0.15) is 24.1 Å². The van der Waals surface area contributed by atoms with Crippen molar-refractivity contribution in [3.8, 4) is 0 Å². The molecule has 1 aliphatic rings. The van der Waals surface area contributed by atoms with Crippen LogP contribution in [0.3, 0.4) is 0 Å². The van der Waals surface area contributed by atoms with Gasteiger partial charge < -0.3 is 5.21 Å². The Bertz CT molecular complexity index is 544. The zero-order valence-electron chi connectivity index (χ0n) is 7.96. The van der Waals surface area contributed by atoms with Gasteiger partial charge in [0.2, 0.25) is 0 Å². The summed E-state index contributed by atoms with van der Waals surface area (Å²) in [6, 6.07) is 0. The molecule has 0 bridgehead atoms. The monoisotopic (exact) mass is 203 g/mol. The molecule has 6 heteroatoms. The summed E-state index contributed by atoms with van der Waals surface area (Å²) in [5, 5.41) is 16.3. The first kappa shape index (κ1) is 8.34. The molecule has 0 radical (unpaired) electrons. The molecule has 0 saturated carbocycles. The Morgan fingerprint density at radius 2 is 2.27 bits per heavy atom. The molecule has 15 heavy (non-hydrogen) atoms. The van der Waals surface area contributed by atoms with Crippen molar-refractivity contribution in [3.63, 3.8) is 0 Å². The zero-order valence-corrected chi connectivity index (χ0v) is 7.96. The van der Waals surface area contributed by atoms with E-state index < -0.39 is 0 Å². The molecule has 0 unspecified atom stereocenters. The molecule has 0 saturated heterocycles. The van der Waals surface area contributed by atoms with Gasteiger partial charge in [0.25, 0.3) is 5.78 Å². The summed E-state index contributed by atoms with van der Waals surface area (Å²) in [6.45, 7) is 0. The van der Waals surface area contributed by atoms with E-state index in [1.54, 1.807) is 10.7 Å². The van der Waals surface area contributed by atoms with Gasteiger partial charge in [0, 0.05) is 11.8 Å². The molecular weight excluding hydrogens is 194 g/mol. The minimum Gasteiger partial charge on any atom is -0.411 e. The standard InChI is InChI=1S/C9H9N5O/c15-13-7-2-1-3-8-6(7)4-10-9-11-5-12-14(8)9/h4-5,15H,1-3H2/b13-7-. The molecule has 0 aromatic carbocycles. The van der Waals surface area contributed by atoms with Crippen LogP contribution in [-0.2, 0) is 6.42 Å². The molecule has 0 amide bonds. The van der Waals surface area contributed by atoms with Gasteiger partial charge in [0.15, 0.2) is 0 Å². The van der Waals surface area contributed by atoms with E-state index >= 15 is 0 Å². The number of hydrogen-bond donors (Lipinski definition) is 1. The normalized spacial score (nSPS) is 18.3. The predicted octanol–water partition coefficient (Wildman–Crippen LogP) is 0.639. The number of hydrogen-bond acceptors (Lipinski definition) is 5. The van der Waals surface area contributed by atoms with E-state index in [4.69, 9.17) is 5.21 Å². The summed E-state index contributed by atoms with van der Waals surface area (Å²) in [5.74, 6) is 0.591. The highest BCUT2D eigenvalue weighted by Gasteiger charge is 2.19. The van der Waals surface area contributed by atoms with Crippen LogP contribution in [0, 0.1) is 0 Å². The number of oxime groups is 1. The van der Waals surface area contributed by atoms with Crippen molar-refractivity contribution < 1.29 is 5.21 Å². The number of nitrogens with zero attached hydrogens (tertiary/aromatic N) is 5. The third-order valence-corrected chi connectivity index (χ3v) is 2.66. The van der Waals surface area contributed by atoms with E-state index in [0.717, 1.165) is 30.5 Å². The molecule has 2 heterocycles. The zero-order chi connectivity index (χ0) is 10.3. The Morgan fingerprint density at radius 3 is 3.13 bits per heavy atom. The van der Waals surface area contributed by atoms with E-state index in [1.807, 2.05) is 0 Å². The largest absolute Gasteiger partial charge is 0.411 e. The maximum absolute atomic E-state index is 8.88. The first-order chi connectivity index (χ1) is 7.40. The molecule has 76 valence electrons. The van der Waals surface area contributed by atoms with Gasteiger partial charge in [-0.15, -0.1) is 0 Å². The second-order valence-electron chi connectivity index (χ2n) is 3.49. The van der Waals surface area contributed by atoms with Gasteiger partial charge in [-0.2, -0.15) is 10.1 Å². The summed E-state index contributed by atoms with van der Waals surface area (Å²) in [4.78, 5) is 8.17. The minimum absolute atomic E-state index is 0.591. The summed E-state index contributed by atoms with van der Waals surface area (Å²) >= 11 is 0. The van der Waals surface area contributed by atoms with Crippen molar-refractivity contribution in [3.05, 3.63) is 23.8 Å². The van der Waals surface area contributed by atoms with Gasteiger partial charge in [-0.05, 0) is 19.3 Å². The van der Waals surface area contributed by atoms with Crippen LogP contribution < -0.4 is 0 Å². The molecule has 1 aliphatic carbocycles. The quantitative estimate of drug-likeness (QED) is 0.503. The third-order valence-electron chi connectivity index (χ3n) is 2.66. The highest BCUT2D eigenvalue weighted by molar-refractivity contribution is 6.01. The lowest BCUT2D eigenvalue weighted by Gasteiger charge is -2.16. The van der Waals surface area contributed by atoms with Crippen LogP contribution in [0.15, 0.2) is 17.7 Å². The topological polar surface area (TPSA) is 75.7 Å². The number of fused-ring (bicyclic) bond motifs is 3. The molecule has 2 aromatic heterocycles. The highest BCUT2D eigenvalue weighted by atomic mass is 16.4. The highest BCUT2D eigenvalue weighted by Crippen LogP contribution is 2.20. The predicted molar refractivity (Wildman–Crippen MR) is 52.0 cm³/mol. The van der Waals surface area contributed by atoms with Gasteiger partial charge in [-0.3, -0.25) is 0 Å². The van der Waals surface area contributed by atoms with Crippen molar-refractivity contribution in [1.29, 1.82) is 0 Å². The summed E-state index contributed by atoms with van der Waals surface area (Å²) in [5.41, 5.74) is 2.58. The fourth-order valence-corrected chi connectivity index (χ4v) is 1.97. The van der Waals surface area contributed by atoms with Crippen LogP contribution >= 0.6 is 0 Å². The second kappa shape index (κ2) is 3.01. The molecule has 1 N–H and O–H groups in total. The van der Waals surface area contributed by atoms with E-state index in [0.29, 0.717) is 11.5 Å². The van der Waals surface area contributed by atoms with E-state index in [-0.39, 0.29) is 0 Å². The lowest BCUT2D eigenvalue weighted by Crippen LogP contribution is -2.17. The Labute approximate surface area is 85.3 Å². The molecule has 2 aromatic rings. The first-order valence-electron chi connectivity index (χ1n) is 4.79. The van der Waals surface area contributed by atoms with Gasteiger partial charge in [-0.25, -0.2) is 9.50 Å². The first-order valence-corrected chi connectivity index (χ1v) is 4.79. The summed E-state index contributed by atoms with van der Waals surface area (Å²) in [6.07, 6.45) is 5.84. The van der Waals surface area contributed by atoms with E-state index in [9.17, 15) is 0 Å². The van der Waals surface area contributed by atoms with Crippen molar-refractivity contribution >= 4 is 11.5 Å². The lowest BCUT2D eigenvalue weighted by molar-refractivity contribution is 0.317. The van der Waals surface area contributed by atoms with Crippen molar-refractivity contribution in [2.45, 2.75) is 19.3 Å². The Balaban J connectivity index is 2.34. The fourth-order valence-electron chi connectivity index (χ4n) is 1.97. The van der Waals surface area contributed by atoms with Crippen LogP contribution in [0.25, 0.3) is 5.78 Å². The second-order valence-corrected chi connectivity index (χ2v) is 3.49. The molecule has 0 spiro atoms. The number of aryl methyl sites for hydroxylation is 1. The minimum atomic E-state index is 0.591. The maximum atomic E-state index is 8.88.